The molecular weight excluding hydrogens is 278 g/mol. The third-order valence-electron chi connectivity index (χ3n) is 3.88. The van der Waals surface area contributed by atoms with Gasteiger partial charge < -0.3 is 5.32 Å². The fourth-order valence-corrected chi connectivity index (χ4v) is 5.28. The molecule has 1 saturated carbocycles. The predicted molar refractivity (Wildman–Crippen MR) is 81.4 cm³/mol. The summed E-state index contributed by atoms with van der Waals surface area (Å²) in [6, 6.07) is 2.10. The second-order valence-corrected chi connectivity index (χ2v) is 8.73. The lowest BCUT2D eigenvalue weighted by molar-refractivity contribution is 0.482. The van der Waals surface area contributed by atoms with Crippen molar-refractivity contribution >= 4 is 21.2 Å². The number of aryl methyl sites for hydroxylation is 1. The molecular formula is C14H23NO2S2. The average Bonchev–Trinajstić information content (AvgIpc) is 2.81. The van der Waals surface area contributed by atoms with E-state index < -0.39 is 9.84 Å². The van der Waals surface area contributed by atoms with Gasteiger partial charge in [-0.15, -0.1) is 11.3 Å². The molecule has 0 radical (unpaired) electrons. The van der Waals surface area contributed by atoms with Crippen molar-refractivity contribution in [2.45, 2.75) is 50.8 Å². The summed E-state index contributed by atoms with van der Waals surface area (Å²) >= 11 is 1.72. The first-order valence-electron chi connectivity index (χ1n) is 7.05. The fourth-order valence-electron chi connectivity index (χ4n) is 2.59. The van der Waals surface area contributed by atoms with Crippen LogP contribution in [0.4, 0.5) is 0 Å². The van der Waals surface area contributed by atoms with Crippen LogP contribution in [0.2, 0.25) is 0 Å². The smallest absolute Gasteiger partial charge is 0.154 e. The van der Waals surface area contributed by atoms with Crippen LogP contribution in [0, 0.1) is 6.92 Å². The van der Waals surface area contributed by atoms with Gasteiger partial charge in [0, 0.05) is 18.0 Å². The topological polar surface area (TPSA) is 46.2 Å². The SMILES string of the molecule is Cc1ccsc1CNCCS(=O)(=O)C1CCCCC1. The molecule has 1 aliphatic carbocycles. The zero-order valence-electron chi connectivity index (χ0n) is 11.5. The highest BCUT2D eigenvalue weighted by Crippen LogP contribution is 2.24. The zero-order valence-corrected chi connectivity index (χ0v) is 13.2. The van der Waals surface area contributed by atoms with Crippen LogP contribution in [0.15, 0.2) is 11.4 Å². The monoisotopic (exact) mass is 301 g/mol. The lowest BCUT2D eigenvalue weighted by atomic mass is 10.0. The van der Waals surface area contributed by atoms with E-state index in [0.717, 1.165) is 32.2 Å². The molecule has 0 atom stereocenters. The second-order valence-electron chi connectivity index (χ2n) is 5.33. The van der Waals surface area contributed by atoms with Crippen LogP contribution in [-0.2, 0) is 16.4 Å². The van der Waals surface area contributed by atoms with Gasteiger partial charge in [0.15, 0.2) is 9.84 Å². The summed E-state index contributed by atoms with van der Waals surface area (Å²) in [5.41, 5.74) is 1.28. The molecule has 0 bridgehead atoms. The molecule has 0 aliphatic heterocycles. The van der Waals surface area contributed by atoms with E-state index in [0.29, 0.717) is 6.54 Å². The molecule has 3 nitrogen and oxygen atoms in total. The molecule has 0 amide bonds. The molecule has 0 spiro atoms. The minimum Gasteiger partial charge on any atom is -0.311 e. The number of rotatable bonds is 6. The van der Waals surface area contributed by atoms with Crippen molar-refractivity contribution in [2.24, 2.45) is 0 Å². The van der Waals surface area contributed by atoms with Crippen LogP contribution < -0.4 is 5.32 Å². The third-order valence-corrected chi connectivity index (χ3v) is 7.16. The Kier molecular flexibility index (Phi) is 5.42. The highest BCUT2D eigenvalue weighted by atomic mass is 32.2. The molecule has 1 fully saturated rings. The summed E-state index contributed by atoms with van der Waals surface area (Å²) in [6.07, 6.45) is 5.08. The first-order valence-corrected chi connectivity index (χ1v) is 9.64. The Labute approximate surface area is 120 Å². The number of thiophene rings is 1. The van der Waals surface area contributed by atoms with Gasteiger partial charge in [0.2, 0.25) is 0 Å². The molecule has 0 aromatic carbocycles. The molecule has 0 saturated heterocycles. The Morgan fingerprint density at radius 1 is 1.32 bits per heavy atom. The van der Waals surface area contributed by atoms with Crippen molar-refractivity contribution in [3.63, 3.8) is 0 Å². The lowest BCUT2D eigenvalue weighted by Gasteiger charge is -2.21. The van der Waals surface area contributed by atoms with Crippen LogP contribution in [0.25, 0.3) is 0 Å². The van der Waals surface area contributed by atoms with E-state index in [-0.39, 0.29) is 11.0 Å². The quantitative estimate of drug-likeness (QED) is 0.822. The minimum atomic E-state index is -2.89. The van der Waals surface area contributed by atoms with Gasteiger partial charge in [-0.25, -0.2) is 8.42 Å². The van der Waals surface area contributed by atoms with Crippen LogP contribution >= 0.6 is 11.3 Å². The van der Waals surface area contributed by atoms with Crippen molar-refractivity contribution in [1.82, 2.24) is 5.32 Å². The third kappa shape index (κ3) is 4.29. The van der Waals surface area contributed by atoms with Gasteiger partial charge in [-0.2, -0.15) is 0 Å². The predicted octanol–water partition coefficient (Wildman–Crippen LogP) is 2.89. The standard InChI is InChI=1S/C14H23NO2S2/c1-12-7-9-18-14(12)11-15-8-10-19(16,17)13-5-3-2-4-6-13/h7,9,13,15H,2-6,8,10-11H2,1H3. The van der Waals surface area contributed by atoms with Gasteiger partial charge in [-0.1, -0.05) is 19.3 Å². The zero-order chi connectivity index (χ0) is 13.7. The van der Waals surface area contributed by atoms with Crippen molar-refractivity contribution < 1.29 is 8.42 Å². The molecule has 1 aliphatic rings. The largest absolute Gasteiger partial charge is 0.311 e. The summed E-state index contributed by atoms with van der Waals surface area (Å²) in [7, 11) is -2.89. The van der Waals surface area contributed by atoms with Crippen LogP contribution in [0.1, 0.15) is 42.5 Å². The van der Waals surface area contributed by atoms with E-state index >= 15 is 0 Å². The molecule has 19 heavy (non-hydrogen) atoms. The first kappa shape index (κ1) is 15.0. The summed E-state index contributed by atoms with van der Waals surface area (Å²) in [5.74, 6) is 0.280. The highest BCUT2D eigenvalue weighted by Gasteiger charge is 2.26. The number of nitrogens with one attached hydrogen (secondary N) is 1. The van der Waals surface area contributed by atoms with Crippen molar-refractivity contribution in [1.29, 1.82) is 0 Å². The molecule has 2 rings (SSSR count). The van der Waals surface area contributed by atoms with Crippen LogP contribution in [0.3, 0.4) is 0 Å². The second kappa shape index (κ2) is 6.86. The maximum atomic E-state index is 12.2. The van der Waals surface area contributed by atoms with Gasteiger partial charge in [0.1, 0.15) is 0 Å². The van der Waals surface area contributed by atoms with Gasteiger partial charge in [-0.3, -0.25) is 0 Å². The molecule has 108 valence electrons. The fraction of sp³-hybridized carbons (Fsp3) is 0.714. The van der Waals surface area contributed by atoms with Crippen molar-refractivity contribution in [3.8, 4) is 0 Å². The average molecular weight is 301 g/mol. The van der Waals surface area contributed by atoms with E-state index in [1.807, 2.05) is 0 Å². The maximum Gasteiger partial charge on any atom is 0.154 e. The lowest BCUT2D eigenvalue weighted by Crippen LogP contribution is -2.31. The maximum absolute atomic E-state index is 12.2. The van der Waals surface area contributed by atoms with Gasteiger partial charge in [0.05, 0.1) is 11.0 Å². The summed E-state index contributed by atoms with van der Waals surface area (Å²) in [6.45, 7) is 3.44. The minimum absolute atomic E-state index is 0.0773. The molecule has 1 N–H and O–H groups in total. The molecule has 1 heterocycles. The Bertz CT molecular complexity index is 487. The Morgan fingerprint density at radius 3 is 2.68 bits per heavy atom. The normalized spacial score (nSPS) is 17.7. The van der Waals surface area contributed by atoms with Crippen molar-refractivity contribution in [3.05, 3.63) is 21.9 Å². The Hall–Kier alpha value is -0.390. The molecule has 0 unspecified atom stereocenters. The van der Waals surface area contributed by atoms with E-state index in [2.05, 4.69) is 23.7 Å². The van der Waals surface area contributed by atoms with E-state index in [9.17, 15) is 8.42 Å². The summed E-state index contributed by atoms with van der Waals surface area (Å²) < 4.78 is 24.4. The summed E-state index contributed by atoms with van der Waals surface area (Å²) in [4.78, 5) is 1.30. The van der Waals surface area contributed by atoms with Crippen LogP contribution in [0.5, 0.6) is 0 Å². The van der Waals surface area contributed by atoms with Crippen LogP contribution in [-0.4, -0.2) is 26.0 Å². The Morgan fingerprint density at radius 2 is 2.05 bits per heavy atom. The van der Waals surface area contributed by atoms with E-state index in [1.165, 1.54) is 16.9 Å². The van der Waals surface area contributed by atoms with Gasteiger partial charge in [0.25, 0.3) is 0 Å². The first-order chi connectivity index (χ1) is 9.09. The van der Waals surface area contributed by atoms with E-state index in [1.54, 1.807) is 11.3 Å². The van der Waals surface area contributed by atoms with Crippen molar-refractivity contribution in [2.75, 3.05) is 12.3 Å². The highest BCUT2D eigenvalue weighted by molar-refractivity contribution is 7.92. The van der Waals surface area contributed by atoms with Gasteiger partial charge >= 0.3 is 0 Å². The van der Waals surface area contributed by atoms with E-state index in [4.69, 9.17) is 0 Å². The number of hydrogen-bond acceptors (Lipinski definition) is 4. The number of sulfone groups is 1. The Balaban J connectivity index is 1.74. The molecule has 1 aromatic heterocycles. The summed E-state index contributed by atoms with van der Waals surface area (Å²) in [5, 5.41) is 5.25. The molecule has 1 aromatic rings. The molecule has 5 heteroatoms. The number of hydrogen-bond donors (Lipinski definition) is 1. The van der Waals surface area contributed by atoms with Gasteiger partial charge in [-0.05, 0) is 36.8 Å².